The fourth-order valence-corrected chi connectivity index (χ4v) is 2.51. The van der Waals surface area contributed by atoms with Crippen molar-refractivity contribution < 1.29 is 9.90 Å². The van der Waals surface area contributed by atoms with Gasteiger partial charge in [-0.2, -0.15) is 0 Å². The minimum atomic E-state index is -1.15. The van der Waals surface area contributed by atoms with E-state index in [0.29, 0.717) is 22.5 Å². The number of aromatic nitrogens is 3. The van der Waals surface area contributed by atoms with E-state index in [-0.39, 0.29) is 5.75 Å². The Labute approximate surface area is 125 Å². The normalized spacial score (nSPS) is 10.4. The summed E-state index contributed by atoms with van der Waals surface area (Å²) in [7, 11) is 0. The maximum atomic E-state index is 10.5. The molecule has 0 aliphatic rings. The van der Waals surface area contributed by atoms with E-state index in [2.05, 4.69) is 16.8 Å². The van der Waals surface area contributed by atoms with Crippen LogP contribution in [0.2, 0.25) is 5.02 Å². The van der Waals surface area contributed by atoms with E-state index in [4.69, 9.17) is 11.6 Å². The molecule has 0 aliphatic heterocycles. The Morgan fingerprint density at radius 1 is 1.50 bits per heavy atom. The summed E-state index contributed by atoms with van der Waals surface area (Å²) >= 11 is 7.03. The van der Waals surface area contributed by atoms with Crippen LogP contribution in [-0.2, 0) is 11.3 Å². The number of nitrogens with zero attached hydrogens (tertiary/aromatic N) is 3. The molecular formula is C13H11ClN3O2S-. The molecule has 2 aromatic rings. The van der Waals surface area contributed by atoms with Crippen molar-refractivity contribution in [1.82, 2.24) is 14.8 Å². The number of carboxylic acids is 1. The van der Waals surface area contributed by atoms with Crippen molar-refractivity contribution in [1.29, 1.82) is 0 Å². The van der Waals surface area contributed by atoms with E-state index in [1.807, 2.05) is 12.1 Å². The maximum absolute atomic E-state index is 10.5. The Balaban J connectivity index is 2.38. The van der Waals surface area contributed by atoms with Crippen LogP contribution in [0.5, 0.6) is 0 Å². The highest BCUT2D eigenvalue weighted by Crippen LogP contribution is 2.25. The van der Waals surface area contributed by atoms with Gasteiger partial charge in [-0.25, -0.2) is 0 Å². The number of benzene rings is 1. The third-order valence-electron chi connectivity index (χ3n) is 2.43. The predicted molar refractivity (Wildman–Crippen MR) is 76.4 cm³/mol. The van der Waals surface area contributed by atoms with Gasteiger partial charge in [0, 0.05) is 22.9 Å². The zero-order valence-corrected chi connectivity index (χ0v) is 12.0. The number of carbonyl (C=O) groups excluding carboxylic acids is 1. The first-order valence-electron chi connectivity index (χ1n) is 5.74. The molecule has 20 heavy (non-hydrogen) atoms. The summed E-state index contributed by atoms with van der Waals surface area (Å²) in [5, 5.41) is 19.7. The van der Waals surface area contributed by atoms with Crippen LogP contribution in [0.1, 0.15) is 0 Å². The van der Waals surface area contributed by atoms with Crippen LogP contribution < -0.4 is 5.11 Å². The molecule has 7 heteroatoms. The highest BCUT2D eigenvalue weighted by atomic mass is 35.5. The summed E-state index contributed by atoms with van der Waals surface area (Å²) in [5.74, 6) is -0.703. The number of allylic oxidation sites excluding steroid dienone is 1. The molecule has 0 aliphatic carbocycles. The van der Waals surface area contributed by atoms with Crippen molar-refractivity contribution in [2.45, 2.75) is 11.7 Å². The first kappa shape index (κ1) is 14.6. The Hall–Kier alpha value is -1.79. The Kier molecular flexibility index (Phi) is 4.81. The number of hydrogen-bond donors (Lipinski definition) is 0. The first-order valence-corrected chi connectivity index (χ1v) is 7.11. The lowest BCUT2D eigenvalue weighted by Crippen LogP contribution is -2.24. The molecule has 0 fully saturated rings. The first-order chi connectivity index (χ1) is 9.61. The summed E-state index contributed by atoms with van der Waals surface area (Å²) in [6.45, 7) is 4.16. The number of halogens is 1. The molecular weight excluding hydrogens is 298 g/mol. The van der Waals surface area contributed by atoms with E-state index in [9.17, 15) is 9.90 Å². The van der Waals surface area contributed by atoms with Crippen LogP contribution >= 0.6 is 23.4 Å². The van der Waals surface area contributed by atoms with Crippen LogP contribution in [0.15, 0.2) is 42.1 Å². The third kappa shape index (κ3) is 3.40. The van der Waals surface area contributed by atoms with Gasteiger partial charge in [-0.3, -0.25) is 4.57 Å². The third-order valence-corrected chi connectivity index (χ3v) is 3.61. The monoisotopic (exact) mass is 308 g/mol. The molecule has 0 amide bonds. The van der Waals surface area contributed by atoms with Crippen LogP contribution in [0, 0.1) is 0 Å². The van der Waals surface area contributed by atoms with Gasteiger partial charge >= 0.3 is 0 Å². The molecule has 0 saturated heterocycles. The van der Waals surface area contributed by atoms with E-state index >= 15 is 0 Å². The van der Waals surface area contributed by atoms with Gasteiger partial charge in [0.05, 0.1) is 5.97 Å². The van der Waals surface area contributed by atoms with Gasteiger partial charge in [0.15, 0.2) is 11.0 Å². The average molecular weight is 309 g/mol. The van der Waals surface area contributed by atoms with Crippen LogP contribution in [0.4, 0.5) is 0 Å². The van der Waals surface area contributed by atoms with Gasteiger partial charge in [0.1, 0.15) is 0 Å². The molecule has 0 unspecified atom stereocenters. The number of carboxylic acid groups (broad SMARTS) is 1. The largest absolute Gasteiger partial charge is 0.549 e. The van der Waals surface area contributed by atoms with E-state index in [1.165, 1.54) is 0 Å². The molecule has 0 spiro atoms. The zero-order valence-electron chi connectivity index (χ0n) is 10.5. The van der Waals surface area contributed by atoms with Crippen molar-refractivity contribution in [3.8, 4) is 11.4 Å². The molecule has 1 heterocycles. The molecule has 0 atom stereocenters. The van der Waals surface area contributed by atoms with Crippen LogP contribution in [-0.4, -0.2) is 26.5 Å². The lowest BCUT2D eigenvalue weighted by molar-refractivity contribution is -0.301. The van der Waals surface area contributed by atoms with Crippen molar-refractivity contribution in [2.24, 2.45) is 0 Å². The summed E-state index contributed by atoms with van der Waals surface area (Å²) in [6.07, 6.45) is 1.69. The number of rotatable bonds is 6. The van der Waals surface area contributed by atoms with Crippen LogP contribution in [0.3, 0.4) is 0 Å². The summed E-state index contributed by atoms with van der Waals surface area (Å²) in [5.41, 5.74) is 0.812. The van der Waals surface area contributed by atoms with Crippen LogP contribution in [0.25, 0.3) is 11.4 Å². The second kappa shape index (κ2) is 6.58. The second-order valence-electron chi connectivity index (χ2n) is 3.88. The van der Waals surface area contributed by atoms with Crippen molar-refractivity contribution in [3.63, 3.8) is 0 Å². The Bertz CT molecular complexity index is 642. The lowest BCUT2D eigenvalue weighted by Gasteiger charge is -2.08. The molecule has 0 saturated carbocycles. The number of aliphatic carboxylic acids is 1. The van der Waals surface area contributed by atoms with Crippen molar-refractivity contribution in [3.05, 3.63) is 41.9 Å². The zero-order chi connectivity index (χ0) is 14.5. The van der Waals surface area contributed by atoms with Gasteiger partial charge in [0.25, 0.3) is 0 Å². The maximum Gasteiger partial charge on any atom is 0.192 e. The van der Waals surface area contributed by atoms with Gasteiger partial charge < -0.3 is 9.90 Å². The van der Waals surface area contributed by atoms with E-state index < -0.39 is 5.97 Å². The molecule has 0 N–H and O–H groups in total. The van der Waals surface area contributed by atoms with Gasteiger partial charge in [-0.1, -0.05) is 41.6 Å². The topological polar surface area (TPSA) is 70.8 Å². The highest BCUT2D eigenvalue weighted by Gasteiger charge is 2.13. The molecule has 0 radical (unpaired) electrons. The highest BCUT2D eigenvalue weighted by molar-refractivity contribution is 7.99. The lowest BCUT2D eigenvalue weighted by atomic mass is 10.2. The summed E-state index contributed by atoms with van der Waals surface area (Å²) in [4.78, 5) is 10.5. The average Bonchev–Trinajstić information content (AvgIpc) is 2.80. The van der Waals surface area contributed by atoms with E-state index in [1.54, 1.807) is 22.8 Å². The Morgan fingerprint density at radius 2 is 2.30 bits per heavy atom. The molecule has 5 nitrogen and oxygen atoms in total. The Morgan fingerprint density at radius 3 is 2.95 bits per heavy atom. The quantitative estimate of drug-likeness (QED) is 0.599. The van der Waals surface area contributed by atoms with Crippen molar-refractivity contribution in [2.75, 3.05) is 5.75 Å². The summed E-state index contributed by atoms with van der Waals surface area (Å²) < 4.78 is 1.78. The van der Waals surface area contributed by atoms with E-state index in [0.717, 1.165) is 17.3 Å². The minimum absolute atomic E-state index is 0.176. The number of carbonyl (C=O) groups is 1. The number of hydrogen-bond acceptors (Lipinski definition) is 5. The smallest absolute Gasteiger partial charge is 0.192 e. The molecule has 0 bridgehead atoms. The second-order valence-corrected chi connectivity index (χ2v) is 5.26. The fourth-order valence-electron chi connectivity index (χ4n) is 1.65. The SMILES string of the molecule is C=CCn1c(SCC(=O)[O-])nnc1-c1cccc(Cl)c1. The van der Waals surface area contributed by atoms with Gasteiger partial charge in [-0.15, -0.1) is 16.8 Å². The fraction of sp³-hybridized carbons (Fsp3) is 0.154. The molecule has 2 rings (SSSR count). The van der Waals surface area contributed by atoms with Crippen molar-refractivity contribution >= 4 is 29.3 Å². The summed E-state index contributed by atoms with van der Waals surface area (Å²) in [6, 6.07) is 7.23. The molecule has 104 valence electrons. The van der Waals surface area contributed by atoms with Gasteiger partial charge in [0.2, 0.25) is 0 Å². The number of thioether (sulfide) groups is 1. The van der Waals surface area contributed by atoms with Gasteiger partial charge in [-0.05, 0) is 12.1 Å². The standard InChI is InChI=1S/C13H12ClN3O2S/c1-2-6-17-12(9-4-3-5-10(14)7-9)15-16-13(17)20-8-11(18)19/h2-5,7H,1,6,8H2,(H,18,19)/p-1. The molecule has 1 aromatic carbocycles. The predicted octanol–water partition coefficient (Wildman–Crippen LogP) is 1.63. The minimum Gasteiger partial charge on any atom is -0.549 e. The molecule has 1 aromatic heterocycles.